The SMILES string of the molecule is CC(C)(C)C1=[C-]CC=C1.C[SiH]C.Cl.Cl.[C-]1=CC=CC1.[Zr+2]. The molecule has 20 heavy (non-hydrogen) atoms. The Morgan fingerprint density at radius 3 is 1.75 bits per heavy atom. The van der Waals surface area contributed by atoms with Crippen LogP contribution in [-0.4, -0.2) is 9.52 Å². The molecule has 0 bridgehead atoms. The van der Waals surface area contributed by atoms with Gasteiger partial charge in [-0.3, -0.25) is 12.2 Å². The van der Waals surface area contributed by atoms with Gasteiger partial charge >= 0.3 is 26.2 Å². The molecule has 0 aliphatic heterocycles. The fourth-order valence-electron chi connectivity index (χ4n) is 1.26. The number of rotatable bonds is 0. The first-order valence-corrected chi connectivity index (χ1v) is 8.57. The Morgan fingerprint density at radius 2 is 1.60 bits per heavy atom. The van der Waals surface area contributed by atoms with Gasteiger partial charge < -0.3 is 0 Å². The van der Waals surface area contributed by atoms with Gasteiger partial charge in [0.1, 0.15) is 0 Å². The van der Waals surface area contributed by atoms with Gasteiger partial charge in [0.2, 0.25) is 0 Å². The van der Waals surface area contributed by atoms with E-state index in [1.165, 1.54) is 5.57 Å². The summed E-state index contributed by atoms with van der Waals surface area (Å²) in [5, 5.41) is 0. The average Bonchev–Trinajstić information content (AvgIpc) is 2.95. The van der Waals surface area contributed by atoms with E-state index in [2.05, 4.69) is 64.2 Å². The second kappa shape index (κ2) is 17.7. The Balaban J connectivity index is -0.000000102. The maximum atomic E-state index is 3.30. The molecule has 0 N–H and O–H groups in total. The molecule has 0 aromatic heterocycles. The minimum absolute atomic E-state index is 0. The van der Waals surface area contributed by atoms with E-state index >= 15 is 0 Å². The fraction of sp³-hybridized carbons (Fsp3) is 0.500. The molecular weight excluding hydrogens is 382 g/mol. The van der Waals surface area contributed by atoms with Gasteiger partial charge in [-0.25, -0.2) is 23.8 Å². The van der Waals surface area contributed by atoms with E-state index < -0.39 is 0 Å². The van der Waals surface area contributed by atoms with Crippen LogP contribution in [0.4, 0.5) is 0 Å². The molecule has 0 nitrogen and oxygen atoms in total. The first-order valence-electron chi connectivity index (χ1n) is 6.26. The molecule has 1 radical (unpaired) electrons. The van der Waals surface area contributed by atoms with Crippen molar-refractivity contribution < 1.29 is 26.2 Å². The Hall–Kier alpha value is 0.640. The molecule has 2 aliphatic carbocycles. The monoisotopic (exact) mass is 407 g/mol. The van der Waals surface area contributed by atoms with E-state index in [1.54, 1.807) is 0 Å². The summed E-state index contributed by atoms with van der Waals surface area (Å²) < 4.78 is 0. The predicted molar refractivity (Wildman–Crippen MR) is 94.9 cm³/mol. The fourth-order valence-corrected chi connectivity index (χ4v) is 1.26. The molecule has 0 atom stereocenters. The Labute approximate surface area is 160 Å². The van der Waals surface area contributed by atoms with Crippen LogP contribution in [0.25, 0.3) is 0 Å². The molecule has 0 fully saturated rings. The second-order valence-electron chi connectivity index (χ2n) is 5.03. The number of hydrogen-bond donors (Lipinski definition) is 0. The summed E-state index contributed by atoms with van der Waals surface area (Å²) in [5.41, 5.74) is 1.65. The molecule has 2 aliphatic rings. The molecule has 0 amide bonds. The van der Waals surface area contributed by atoms with Crippen LogP contribution in [0.3, 0.4) is 0 Å². The van der Waals surface area contributed by atoms with E-state index in [1.807, 2.05) is 12.2 Å². The van der Waals surface area contributed by atoms with Gasteiger partial charge in [0.25, 0.3) is 0 Å². The Morgan fingerprint density at radius 1 is 1.05 bits per heavy atom. The molecular formula is C16H27Cl2SiZr. The second-order valence-corrected chi connectivity index (χ2v) is 6.18. The summed E-state index contributed by atoms with van der Waals surface area (Å²) in [5.74, 6) is 0. The summed E-state index contributed by atoms with van der Waals surface area (Å²) in [6, 6.07) is 0. The van der Waals surface area contributed by atoms with Crippen LogP contribution < -0.4 is 0 Å². The van der Waals surface area contributed by atoms with E-state index in [9.17, 15) is 0 Å². The topological polar surface area (TPSA) is 0 Å². The zero-order chi connectivity index (χ0) is 13.1. The van der Waals surface area contributed by atoms with Crippen molar-refractivity contribution in [3.63, 3.8) is 0 Å². The molecule has 0 unspecified atom stereocenters. The number of allylic oxidation sites excluding steroid dienone is 8. The maximum Gasteiger partial charge on any atom is 2.00 e. The molecule has 0 spiro atoms. The third-order valence-corrected chi connectivity index (χ3v) is 2.09. The van der Waals surface area contributed by atoms with Crippen molar-refractivity contribution in [2.24, 2.45) is 5.41 Å². The normalized spacial score (nSPS) is 13.6. The van der Waals surface area contributed by atoms with Crippen molar-refractivity contribution in [1.29, 1.82) is 0 Å². The van der Waals surface area contributed by atoms with Crippen molar-refractivity contribution in [2.45, 2.75) is 46.7 Å². The zero-order valence-electron chi connectivity index (χ0n) is 13.2. The van der Waals surface area contributed by atoms with E-state index in [4.69, 9.17) is 0 Å². The largest absolute Gasteiger partial charge is 2.00 e. The van der Waals surface area contributed by atoms with E-state index in [0.717, 1.165) is 22.4 Å². The van der Waals surface area contributed by atoms with Gasteiger partial charge in [-0.15, -0.1) is 37.7 Å². The van der Waals surface area contributed by atoms with Gasteiger partial charge in [0.05, 0.1) is 0 Å². The third-order valence-electron chi connectivity index (χ3n) is 2.09. The standard InChI is InChI=1S/C9H13.C5H5.C2H7Si.2ClH.Zr/c1-9(2,3)8-6-4-5-7-8;1-2-4-5-3-1;1-3-2;;;/h4,6H,5H2,1-3H3;1-3H,4H2;3H,1-2H3;2*1H;/q2*-1;;;;+2. The van der Waals surface area contributed by atoms with Crippen LogP contribution in [0.1, 0.15) is 33.6 Å². The molecule has 2 rings (SSSR count). The number of halogens is 2. The molecule has 0 saturated heterocycles. The van der Waals surface area contributed by atoms with Crippen LogP contribution in [0.2, 0.25) is 13.1 Å². The zero-order valence-corrected chi connectivity index (χ0v) is 18.4. The van der Waals surface area contributed by atoms with Gasteiger partial charge in [-0.05, 0) is 5.41 Å². The van der Waals surface area contributed by atoms with Crippen molar-refractivity contribution in [3.8, 4) is 0 Å². The minimum atomic E-state index is 0. The Kier molecular flexibility index (Phi) is 25.4. The average molecular weight is 410 g/mol. The van der Waals surface area contributed by atoms with E-state index in [0.29, 0.717) is 5.41 Å². The predicted octanol–water partition coefficient (Wildman–Crippen LogP) is 5.39. The first-order chi connectivity index (χ1) is 8.02. The van der Waals surface area contributed by atoms with Gasteiger partial charge in [-0.2, -0.15) is 12.2 Å². The number of hydrogen-bond acceptors (Lipinski definition) is 0. The van der Waals surface area contributed by atoms with Crippen molar-refractivity contribution in [2.75, 3.05) is 0 Å². The molecule has 0 saturated carbocycles. The molecule has 0 aromatic rings. The van der Waals surface area contributed by atoms with Crippen LogP contribution in [0.5, 0.6) is 0 Å². The third kappa shape index (κ3) is 16.7. The van der Waals surface area contributed by atoms with Crippen molar-refractivity contribution in [1.82, 2.24) is 0 Å². The van der Waals surface area contributed by atoms with Crippen LogP contribution in [0.15, 0.2) is 36.0 Å². The van der Waals surface area contributed by atoms with Gasteiger partial charge in [-0.1, -0.05) is 33.9 Å². The van der Waals surface area contributed by atoms with Crippen molar-refractivity contribution >= 4 is 34.3 Å². The molecule has 0 heterocycles. The van der Waals surface area contributed by atoms with E-state index in [-0.39, 0.29) is 51.0 Å². The van der Waals surface area contributed by atoms with Crippen molar-refractivity contribution in [3.05, 3.63) is 48.1 Å². The van der Waals surface area contributed by atoms with Crippen LogP contribution >= 0.6 is 24.8 Å². The molecule has 4 heteroatoms. The summed E-state index contributed by atoms with van der Waals surface area (Å²) in [4.78, 5) is 0. The molecule has 0 aromatic carbocycles. The minimum Gasteiger partial charge on any atom is -0.273 e. The summed E-state index contributed by atoms with van der Waals surface area (Å²) in [7, 11) is 0.750. The van der Waals surface area contributed by atoms with Gasteiger partial charge in [0, 0.05) is 9.52 Å². The summed E-state index contributed by atoms with van der Waals surface area (Å²) in [6.07, 6.45) is 18.6. The molecule has 113 valence electrons. The van der Waals surface area contributed by atoms with Crippen LogP contribution in [0, 0.1) is 17.6 Å². The first kappa shape index (κ1) is 28.8. The van der Waals surface area contributed by atoms with Crippen LogP contribution in [-0.2, 0) is 26.2 Å². The smallest absolute Gasteiger partial charge is 0.273 e. The maximum absolute atomic E-state index is 3.30. The quantitative estimate of drug-likeness (QED) is 0.372. The summed E-state index contributed by atoms with van der Waals surface area (Å²) in [6.45, 7) is 11.1. The Bertz CT molecular complexity index is 303. The van der Waals surface area contributed by atoms with Gasteiger partial charge in [0.15, 0.2) is 0 Å². The summed E-state index contributed by atoms with van der Waals surface area (Å²) >= 11 is 0.